The zero-order valence-electron chi connectivity index (χ0n) is 24.3. The molecule has 0 radical (unpaired) electrons. The molecule has 1 fully saturated rings. The molecule has 14 heteroatoms. The van der Waals surface area contributed by atoms with Crippen molar-refractivity contribution in [1.82, 2.24) is 21.0 Å². The summed E-state index contributed by atoms with van der Waals surface area (Å²) in [6.07, 6.45) is 3.48. The molecule has 234 valence electrons. The van der Waals surface area contributed by atoms with Gasteiger partial charge in [0, 0.05) is 46.9 Å². The van der Waals surface area contributed by atoms with Crippen LogP contribution in [0.15, 0.2) is 81.8 Å². The summed E-state index contributed by atoms with van der Waals surface area (Å²) >= 11 is 9.47. The Bertz CT molecular complexity index is 1530. The predicted molar refractivity (Wildman–Crippen MR) is 178 cm³/mol. The quantitative estimate of drug-likeness (QED) is 0.0568. The van der Waals surface area contributed by atoms with Gasteiger partial charge in [0.2, 0.25) is 0 Å². The summed E-state index contributed by atoms with van der Waals surface area (Å²) in [5.74, 6) is 1.56. The van der Waals surface area contributed by atoms with E-state index in [4.69, 9.17) is 32.0 Å². The lowest BCUT2D eigenvalue weighted by Gasteiger charge is -2.35. The van der Waals surface area contributed by atoms with Crippen LogP contribution in [0.4, 0.5) is 0 Å². The molecule has 2 unspecified atom stereocenters. The van der Waals surface area contributed by atoms with Crippen molar-refractivity contribution in [1.29, 1.82) is 16.2 Å². The van der Waals surface area contributed by atoms with Crippen LogP contribution in [-0.4, -0.2) is 61.1 Å². The van der Waals surface area contributed by atoms with E-state index in [1.807, 2.05) is 48.5 Å². The third kappa shape index (κ3) is 8.13. The maximum absolute atomic E-state index is 11.5. The predicted octanol–water partition coefficient (Wildman–Crippen LogP) is 5.57. The summed E-state index contributed by atoms with van der Waals surface area (Å²) in [6, 6.07) is 17.7. The minimum absolute atomic E-state index is 0.0543. The molecule has 2 aromatic rings. The Balaban J connectivity index is 1.31. The topological polar surface area (TPSA) is 159 Å². The van der Waals surface area contributed by atoms with E-state index in [0.717, 1.165) is 59.7 Å². The molecule has 5 N–H and O–H groups in total. The van der Waals surface area contributed by atoms with Crippen molar-refractivity contribution in [2.45, 2.75) is 23.6 Å². The minimum Gasteiger partial charge on any atom is -0.490 e. The molecular formula is C31H33ClN8O3S2. The van der Waals surface area contributed by atoms with Gasteiger partial charge in [-0.05, 0) is 53.6 Å². The number of allylic oxidation sites excluding steroid dienone is 2. The molecule has 0 spiro atoms. The molecule has 0 aliphatic carbocycles. The SMILES string of the molecule is N#CC1=C(N2CCCC2)NC(SCC2=CSC(c3ccc(Cl)cc3)N2)C(C=N)=C1c1ccc(OCCOC(=O)CNN=N)cc1. The van der Waals surface area contributed by atoms with Gasteiger partial charge < -0.3 is 30.4 Å². The van der Waals surface area contributed by atoms with Crippen molar-refractivity contribution >= 4 is 52.9 Å². The molecule has 3 heterocycles. The summed E-state index contributed by atoms with van der Waals surface area (Å²) < 4.78 is 10.8. The van der Waals surface area contributed by atoms with Gasteiger partial charge in [0.1, 0.15) is 53.7 Å². The Morgan fingerprint density at radius 3 is 2.62 bits per heavy atom. The molecule has 0 aromatic heterocycles. The lowest BCUT2D eigenvalue weighted by molar-refractivity contribution is -0.143. The Morgan fingerprint density at radius 1 is 1.18 bits per heavy atom. The second kappa shape index (κ2) is 15.7. The van der Waals surface area contributed by atoms with Crippen molar-refractivity contribution in [2.75, 3.05) is 38.6 Å². The number of thioether (sulfide) groups is 2. The van der Waals surface area contributed by atoms with Gasteiger partial charge in [0.25, 0.3) is 0 Å². The number of halogens is 1. The molecule has 2 atom stereocenters. The van der Waals surface area contributed by atoms with Crippen LogP contribution in [0.2, 0.25) is 5.02 Å². The van der Waals surface area contributed by atoms with E-state index < -0.39 is 5.97 Å². The van der Waals surface area contributed by atoms with Gasteiger partial charge in [-0.3, -0.25) is 10.2 Å². The number of nitrogens with one attached hydrogen (secondary N) is 5. The van der Waals surface area contributed by atoms with Crippen molar-refractivity contribution in [3.05, 3.63) is 92.8 Å². The molecule has 0 bridgehead atoms. The van der Waals surface area contributed by atoms with E-state index >= 15 is 0 Å². The number of benzene rings is 2. The molecule has 5 rings (SSSR count). The molecule has 0 amide bonds. The minimum atomic E-state index is -0.529. The molecule has 3 aliphatic heterocycles. The Hall–Kier alpha value is -4.12. The van der Waals surface area contributed by atoms with Crippen LogP contribution < -0.4 is 20.8 Å². The van der Waals surface area contributed by atoms with Crippen molar-refractivity contribution < 1.29 is 14.3 Å². The molecule has 2 aromatic carbocycles. The van der Waals surface area contributed by atoms with Gasteiger partial charge in [0.05, 0.1) is 0 Å². The highest BCUT2D eigenvalue weighted by atomic mass is 35.5. The molecule has 3 aliphatic rings. The van der Waals surface area contributed by atoms with Crippen LogP contribution in [0.5, 0.6) is 5.75 Å². The highest BCUT2D eigenvalue weighted by molar-refractivity contribution is 8.03. The van der Waals surface area contributed by atoms with E-state index in [-0.39, 0.29) is 30.5 Å². The number of dihydropyridines is 1. The van der Waals surface area contributed by atoms with Crippen molar-refractivity contribution in [3.63, 3.8) is 0 Å². The number of carbonyl (C=O) groups is 1. The number of rotatable bonds is 14. The highest BCUT2D eigenvalue weighted by Gasteiger charge is 2.33. The first kappa shape index (κ1) is 32.3. The summed E-state index contributed by atoms with van der Waals surface area (Å²) in [6.45, 7) is 1.77. The summed E-state index contributed by atoms with van der Waals surface area (Å²) in [4.78, 5) is 13.8. The smallest absolute Gasteiger partial charge is 0.327 e. The lowest BCUT2D eigenvalue weighted by atomic mass is 9.91. The average molecular weight is 665 g/mol. The second-order valence-corrected chi connectivity index (χ2v) is 12.7. The average Bonchev–Trinajstić information content (AvgIpc) is 3.78. The lowest BCUT2D eigenvalue weighted by Crippen LogP contribution is -2.41. The number of hydrogen-bond acceptors (Lipinski definition) is 12. The van der Waals surface area contributed by atoms with Gasteiger partial charge in [-0.15, -0.1) is 23.5 Å². The summed E-state index contributed by atoms with van der Waals surface area (Å²) in [5, 5.41) is 31.7. The number of carbonyl (C=O) groups excluding carboxylic acids is 1. The van der Waals surface area contributed by atoms with Gasteiger partial charge in [-0.2, -0.15) is 10.8 Å². The maximum atomic E-state index is 11.5. The van der Waals surface area contributed by atoms with E-state index in [1.54, 1.807) is 23.5 Å². The van der Waals surface area contributed by atoms with E-state index in [2.05, 4.69) is 37.7 Å². The number of nitriles is 1. The van der Waals surface area contributed by atoms with Crippen LogP contribution in [0, 0.1) is 22.3 Å². The summed E-state index contributed by atoms with van der Waals surface area (Å²) in [5.41, 5.74) is 13.9. The third-order valence-electron chi connectivity index (χ3n) is 7.32. The van der Waals surface area contributed by atoms with Crippen LogP contribution in [0.3, 0.4) is 0 Å². The molecular weight excluding hydrogens is 632 g/mol. The summed E-state index contributed by atoms with van der Waals surface area (Å²) in [7, 11) is 0. The first-order chi connectivity index (χ1) is 22.0. The number of likely N-dealkylation sites (tertiary alicyclic amines) is 1. The standard InChI is InChI=1S/C31H33ClN8O3S2/c32-22-7-3-21(4-8-22)30-37-23(18-44-30)19-45-31-26(16-34)28(25(15-33)29(38-31)40-11-1-2-12-40)20-5-9-24(10-6-20)42-13-14-43-27(41)17-36-39-35/h3-10,16,18,30-31,34,37-38H,1-2,11-14,17,19H2,(H2,35,36). The van der Waals surface area contributed by atoms with E-state index in [1.165, 1.54) is 6.21 Å². The fourth-order valence-electron chi connectivity index (χ4n) is 5.18. The van der Waals surface area contributed by atoms with Crippen molar-refractivity contribution in [3.8, 4) is 11.8 Å². The maximum Gasteiger partial charge on any atom is 0.327 e. The monoisotopic (exact) mass is 664 g/mol. The first-order valence-electron chi connectivity index (χ1n) is 14.4. The van der Waals surface area contributed by atoms with Crippen LogP contribution >= 0.6 is 35.1 Å². The molecule has 11 nitrogen and oxygen atoms in total. The number of nitrogens with zero attached hydrogens (tertiary/aromatic N) is 3. The highest BCUT2D eigenvalue weighted by Crippen LogP contribution is 2.40. The fourth-order valence-corrected chi connectivity index (χ4v) is 7.47. The van der Waals surface area contributed by atoms with Gasteiger partial charge in [0.15, 0.2) is 0 Å². The van der Waals surface area contributed by atoms with Gasteiger partial charge in [-0.25, -0.2) is 0 Å². The fraction of sp³-hybridized carbons (Fsp3) is 0.323. The van der Waals surface area contributed by atoms with Crippen LogP contribution in [0.25, 0.3) is 5.57 Å². The van der Waals surface area contributed by atoms with E-state index in [9.17, 15) is 10.1 Å². The normalized spacial score (nSPS) is 19.3. The first-order valence-corrected chi connectivity index (χ1v) is 16.7. The number of hydrogen-bond donors (Lipinski definition) is 5. The van der Waals surface area contributed by atoms with E-state index in [0.29, 0.717) is 22.1 Å². The largest absolute Gasteiger partial charge is 0.490 e. The van der Waals surface area contributed by atoms with Gasteiger partial charge >= 0.3 is 5.97 Å². The van der Waals surface area contributed by atoms with Crippen molar-refractivity contribution in [2.24, 2.45) is 5.22 Å². The van der Waals surface area contributed by atoms with Crippen LogP contribution in [0.1, 0.15) is 29.3 Å². The Labute approximate surface area is 275 Å². The van der Waals surface area contributed by atoms with Gasteiger partial charge in [-0.1, -0.05) is 41.1 Å². The number of esters is 1. The molecule has 0 saturated carbocycles. The Kier molecular flexibility index (Phi) is 11.3. The molecule has 45 heavy (non-hydrogen) atoms. The van der Waals surface area contributed by atoms with Crippen LogP contribution in [-0.2, 0) is 9.53 Å². The third-order valence-corrected chi connectivity index (χ3v) is 9.83. The zero-order chi connectivity index (χ0) is 31.6. The second-order valence-electron chi connectivity index (χ2n) is 10.2. The Morgan fingerprint density at radius 2 is 1.93 bits per heavy atom. The number of ether oxygens (including phenoxy) is 2. The molecule has 1 saturated heterocycles. The zero-order valence-corrected chi connectivity index (χ0v) is 26.7.